The smallest absolute Gasteiger partial charge is 0.0931 e. The Bertz CT molecular complexity index is 533. The third-order valence-electron chi connectivity index (χ3n) is 3.92. The van der Waals surface area contributed by atoms with Crippen LogP contribution in [-0.2, 0) is 6.54 Å². The topological polar surface area (TPSA) is 29.0 Å². The fourth-order valence-corrected chi connectivity index (χ4v) is 2.79. The van der Waals surface area contributed by atoms with Gasteiger partial charge in [-0.1, -0.05) is 13.3 Å². The Balaban J connectivity index is 1.83. The van der Waals surface area contributed by atoms with Crippen molar-refractivity contribution in [1.29, 1.82) is 0 Å². The molecule has 0 aliphatic carbocycles. The molecule has 2 aromatic heterocycles. The van der Waals surface area contributed by atoms with E-state index < -0.39 is 0 Å². The third kappa shape index (κ3) is 2.23. The molecule has 0 amide bonds. The number of rotatable bonds is 3. The molecule has 0 N–H and O–H groups in total. The molecule has 0 saturated carbocycles. The molecule has 3 heterocycles. The first-order valence-electron chi connectivity index (χ1n) is 6.78. The molecule has 3 nitrogen and oxygen atoms in total. The second-order valence-electron chi connectivity index (χ2n) is 5.14. The van der Waals surface area contributed by atoms with Crippen molar-refractivity contribution < 1.29 is 0 Å². The lowest BCUT2D eigenvalue weighted by Gasteiger charge is -2.16. The zero-order valence-corrected chi connectivity index (χ0v) is 10.8. The van der Waals surface area contributed by atoms with E-state index in [1.54, 1.807) is 0 Å². The number of pyridine rings is 2. The maximum Gasteiger partial charge on any atom is 0.0931 e. The van der Waals surface area contributed by atoms with E-state index in [1.807, 2.05) is 24.5 Å². The van der Waals surface area contributed by atoms with Crippen LogP contribution in [-0.4, -0.2) is 28.0 Å². The van der Waals surface area contributed by atoms with Gasteiger partial charge in [0, 0.05) is 25.5 Å². The molecule has 0 aromatic carbocycles. The van der Waals surface area contributed by atoms with E-state index in [0.29, 0.717) is 0 Å². The first-order chi connectivity index (χ1) is 8.86. The summed E-state index contributed by atoms with van der Waals surface area (Å²) in [5.41, 5.74) is 3.36. The molecule has 1 saturated heterocycles. The van der Waals surface area contributed by atoms with Gasteiger partial charge >= 0.3 is 0 Å². The van der Waals surface area contributed by atoms with Crippen LogP contribution in [0.3, 0.4) is 0 Å². The molecule has 1 aliphatic rings. The largest absolute Gasteiger partial charge is 0.299 e. The van der Waals surface area contributed by atoms with Gasteiger partial charge in [0.25, 0.3) is 0 Å². The minimum Gasteiger partial charge on any atom is -0.299 e. The summed E-state index contributed by atoms with van der Waals surface area (Å²) in [6.45, 7) is 5.74. The van der Waals surface area contributed by atoms with Crippen molar-refractivity contribution >= 4 is 11.0 Å². The number of likely N-dealkylation sites (tertiary alicyclic amines) is 1. The Morgan fingerprint density at radius 1 is 1.28 bits per heavy atom. The van der Waals surface area contributed by atoms with Crippen molar-refractivity contribution in [2.24, 2.45) is 5.92 Å². The first kappa shape index (κ1) is 11.6. The first-order valence-corrected chi connectivity index (χ1v) is 6.78. The monoisotopic (exact) mass is 241 g/mol. The van der Waals surface area contributed by atoms with Crippen molar-refractivity contribution in [1.82, 2.24) is 14.9 Å². The van der Waals surface area contributed by atoms with Crippen molar-refractivity contribution in [2.75, 3.05) is 13.1 Å². The highest BCUT2D eigenvalue weighted by Crippen LogP contribution is 2.22. The van der Waals surface area contributed by atoms with Gasteiger partial charge in [-0.25, -0.2) is 0 Å². The highest BCUT2D eigenvalue weighted by Gasteiger charge is 2.21. The van der Waals surface area contributed by atoms with Gasteiger partial charge in [0.1, 0.15) is 0 Å². The predicted molar refractivity (Wildman–Crippen MR) is 73.2 cm³/mol. The lowest BCUT2D eigenvalue weighted by Crippen LogP contribution is -2.20. The second kappa shape index (κ2) is 5.02. The van der Waals surface area contributed by atoms with Crippen LogP contribution in [0.2, 0.25) is 0 Å². The van der Waals surface area contributed by atoms with Crippen LogP contribution in [0.5, 0.6) is 0 Å². The Labute approximate surface area is 108 Å². The summed E-state index contributed by atoms with van der Waals surface area (Å²) in [5.74, 6) is 0.881. The van der Waals surface area contributed by atoms with Gasteiger partial charge in [-0.05, 0) is 42.6 Å². The third-order valence-corrected chi connectivity index (χ3v) is 3.92. The highest BCUT2D eigenvalue weighted by molar-refractivity contribution is 5.77. The summed E-state index contributed by atoms with van der Waals surface area (Å²) in [4.78, 5) is 11.4. The summed E-state index contributed by atoms with van der Waals surface area (Å²) < 4.78 is 0. The molecule has 3 heteroatoms. The van der Waals surface area contributed by atoms with Gasteiger partial charge in [-0.3, -0.25) is 14.9 Å². The number of fused-ring (bicyclic) bond motifs is 1. The summed E-state index contributed by atoms with van der Waals surface area (Å²) in [5, 5.41) is 0. The Morgan fingerprint density at radius 2 is 2.22 bits per heavy atom. The van der Waals surface area contributed by atoms with Gasteiger partial charge in [0.2, 0.25) is 0 Å². The lowest BCUT2D eigenvalue weighted by molar-refractivity contribution is 0.316. The van der Waals surface area contributed by atoms with Gasteiger partial charge in [0.05, 0.1) is 11.0 Å². The van der Waals surface area contributed by atoms with E-state index in [2.05, 4.69) is 27.9 Å². The number of hydrogen-bond acceptors (Lipinski definition) is 3. The molecule has 94 valence electrons. The standard InChI is InChI=1S/C15H19N3/c1-2-12-6-9-18(10-12)11-13-5-8-16-14-4-3-7-17-15(13)14/h3-5,7-8,12H,2,6,9-11H2,1H3. The maximum atomic E-state index is 4.47. The van der Waals surface area contributed by atoms with Gasteiger partial charge < -0.3 is 0 Å². The van der Waals surface area contributed by atoms with Gasteiger partial charge in [-0.2, -0.15) is 0 Å². The summed E-state index contributed by atoms with van der Waals surface area (Å²) in [6, 6.07) is 6.08. The molecule has 0 spiro atoms. The van der Waals surface area contributed by atoms with Crippen LogP contribution in [0.1, 0.15) is 25.3 Å². The molecule has 1 unspecified atom stereocenters. The second-order valence-corrected chi connectivity index (χ2v) is 5.14. The fraction of sp³-hybridized carbons (Fsp3) is 0.467. The molecule has 0 radical (unpaired) electrons. The number of aromatic nitrogens is 2. The highest BCUT2D eigenvalue weighted by atomic mass is 15.1. The van der Waals surface area contributed by atoms with Crippen molar-refractivity contribution in [3.05, 3.63) is 36.2 Å². The molecule has 2 aromatic rings. The molecule has 18 heavy (non-hydrogen) atoms. The predicted octanol–water partition coefficient (Wildman–Crippen LogP) is 2.86. The van der Waals surface area contributed by atoms with Crippen molar-refractivity contribution in [3.63, 3.8) is 0 Å². The molecular weight excluding hydrogens is 222 g/mol. The molecule has 1 atom stereocenters. The summed E-state index contributed by atoms with van der Waals surface area (Å²) >= 11 is 0. The van der Waals surface area contributed by atoms with Gasteiger partial charge in [0.15, 0.2) is 0 Å². The average Bonchev–Trinajstić information content (AvgIpc) is 2.87. The van der Waals surface area contributed by atoms with Crippen molar-refractivity contribution in [3.8, 4) is 0 Å². The minimum atomic E-state index is 0.881. The van der Waals surface area contributed by atoms with E-state index in [1.165, 1.54) is 31.5 Å². The lowest BCUT2D eigenvalue weighted by atomic mass is 10.1. The molecule has 1 aliphatic heterocycles. The fourth-order valence-electron chi connectivity index (χ4n) is 2.79. The van der Waals surface area contributed by atoms with E-state index in [0.717, 1.165) is 23.5 Å². The SMILES string of the molecule is CCC1CCN(Cc2ccnc3cccnc23)C1. The Kier molecular flexibility index (Phi) is 3.24. The van der Waals surface area contributed by atoms with Crippen LogP contribution in [0.25, 0.3) is 11.0 Å². The van der Waals surface area contributed by atoms with Gasteiger partial charge in [-0.15, -0.1) is 0 Å². The van der Waals surface area contributed by atoms with E-state index in [4.69, 9.17) is 0 Å². The van der Waals surface area contributed by atoms with E-state index in [9.17, 15) is 0 Å². The number of hydrogen-bond donors (Lipinski definition) is 0. The Morgan fingerprint density at radius 3 is 3.06 bits per heavy atom. The Hall–Kier alpha value is -1.48. The van der Waals surface area contributed by atoms with Crippen LogP contribution in [0.15, 0.2) is 30.6 Å². The van der Waals surface area contributed by atoms with Crippen molar-refractivity contribution in [2.45, 2.75) is 26.3 Å². The normalized spacial score (nSPS) is 20.6. The van der Waals surface area contributed by atoms with Crippen LogP contribution < -0.4 is 0 Å². The molecule has 0 bridgehead atoms. The summed E-state index contributed by atoms with van der Waals surface area (Å²) in [7, 11) is 0. The van der Waals surface area contributed by atoms with E-state index >= 15 is 0 Å². The molecule has 3 rings (SSSR count). The van der Waals surface area contributed by atoms with E-state index in [-0.39, 0.29) is 0 Å². The zero-order chi connectivity index (χ0) is 12.4. The molecular formula is C15H19N3. The summed E-state index contributed by atoms with van der Waals surface area (Å²) in [6.07, 6.45) is 6.39. The van der Waals surface area contributed by atoms with Crippen LogP contribution in [0, 0.1) is 5.92 Å². The number of nitrogens with zero attached hydrogens (tertiary/aromatic N) is 3. The zero-order valence-electron chi connectivity index (χ0n) is 10.8. The van der Waals surface area contributed by atoms with Crippen LogP contribution in [0.4, 0.5) is 0 Å². The quantitative estimate of drug-likeness (QED) is 0.827. The average molecular weight is 241 g/mol. The molecule has 1 fully saturated rings. The van der Waals surface area contributed by atoms with Crippen LogP contribution >= 0.6 is 0 Å². The maximum absolute atomic E-state index is 4.47. The minimum absolute atomic E-state index is 0.881.